The van der Waals surface area contributed by atoms with E-state index in [0.717, 1.165) is 9.52 Å². The van der Waals surface area contributed by atoms with Crippen LogP contribution in [0.1, 0.15) is 5.56 Å². The molecule has 0 saturated heterocycles. The van der Waals surface area contributed by atoms with Crippen molar-refractivity contribution in [3.8, 4) is 0 Å². The fourth-order valence-electron chi connectivity index (χ4n) is 1.65. The van der Waals surface area contributed by atoms with Gasteiger partial charge in [-0.3, -0.25) is 0 Å². The van der Waals surface area contributed by atoms with Gasteiger partial charge in [0.2, 0.25) is 0 Å². The Bertz CT molecular complexity index is 500. The lowest BCUT2D eigenvalue weighted by atomic mass is 10.2. The van der Waals surface area contributed by atoms with Crippen molar-refractivity contribution in [1.29, 1.82) is 0 Å². The van der Waals surface area contributed by atoms with E-state index in [2.05, 4.69) is 85.4 Å². The summed E-state index contributed by atoms with van der Waals surface area (Å²) >= 11 is 0. The molecule has 0 aliphatic rings. The van der Waals surface area contributed by atoms with Crippen LogP contribution in [0.5, 0.6) is 0 Å². The molecule has 18 heavy (non-hydrogen) atoms. The van der Waals surface area contributed by atoms with Gasteiger partial charge in [-0.2, -0.15) is 0 Å². The molecule has 0 aliphatic carbocycles. The fourth-order valence-corrected chi connectivity index (χ4v) is 2.51. The van der Waals surface area contributed by atoms with Crippen LogP contribution < -0.4 is 10.1 Å². The smallest absolute Gasteiger partial charge is 0.111 e. The average molecular weight is 251 g/mol. The summed E-state index contributed by atoms with van der Waals surface area (Å²) in [5.41, 5.74) is 4.72. The van der Waals surface area contributed by atoms with Crippen LogP contribution in [0.3, 0.4) is 0 Å². The Hall–Kier alpha value is -1.80. The quantitative estimate of drug-likeness (QED) is 0.755. The molecule has 2 heteroatoms. The predicted molar refractivity (Wildman–Crippen MR) is 81.6 cm³/mol. The molecule has 0 amide bonds. The Kier molecular flexibility index (Phi) is 4.37. The van der Waals surface area contributed by atoms with Gasteiger partial charge in [-0.1, -0.05) is 59.4 Å². The third-order valence-corrected chi connectivity index (χ3v) is 3.71. The zero-order valence-electron chi connectivity index (χ0n) is 10.8. The first-order chi connectivity index (χ1) is 8.75. The maximum Gasteiger partial charge on any atom is 0.111 e. The van der Waals surface area contributed by atoms with Crippen molar-refractivity contribution in [3.05, 3.63) is 65.9 Å². The minimum absolute atomic E-state index is 0.732. The highest BCUT2D eigenvalue weighted by atomic mass is 28.2. The molecule has 1 nitrogen and oxygen atoms in total. The second-order valence-corrected chi connectivity index (χ2v) is 5.53. The standard InChI is InChI=1S/C16H17NSi/c1-17(2)15-10-8-14(9-11-15)12-13-18-16-6-4-3-5-7-16/h3-13H,1-2H3/b13-12+. The van der Waals surface area contributed by atoms with Gasteiger partial charge in [0.1, 0.15) is 9.52 Å². The van der Waals surface area contributed by atoms with E-state index in [1.54, 1.807) is 0 Å². The molecular weight excluding hydrogens is 234 g/mol. The van der Waals surface area contributed by atoms with E-state index in [4.69, 9.17) is 0 Å². The predicted octanol–water partition coefficient (Wildman–Crippen LogP) is 2.75. The van der Waals surface area contributed by atoms with Crippen molar-refractivity contribution in [2.24, 2.45) is 0 Å². The molecular formula is C16H17NSi. The summed E-state index contributed by atoms with van der Waals surface area (Å²) < 4.78 is 0. The second-order valence-electron chi connectivity index (χ2n) is 4.33. The largest absolute Gasteiger partial charge is 0.378 e. The lowest BCUT2D eigenvalue weighted by Crippen LogP contribution is -2.10. The van der Waals surface area contributed by atoms with Crippen LogP contribution in [-0.4, -0.2) is 23.6 Å². The van der Waals surface area contributed by atoms with Crippen molar-refractivity contribution >= 4 is 26.5 Å². The third kappa shape index (κ3) is 3.60. The van der Waals surface area contributed by atoms with Gasteiger partial charge in [0.25, 0.3) is 0 Å². The molecule has 0 spiro atoms. The van der Waals surface area contributed by atoms with Crippen LogP contribution >= 0.6 is 0 Å². The number of hydrogen-bond acceptors (Lipinski definition) is 1. The first-order valence-corrected chi connectivity index (χ1v) is 7.09. The highest BCUT2D eigenvalue weighted by molar-refractivity contribution is 6.59. The van der Waals surface area contributed by atoms with Crippen LogP contribution in [0, 0.1) is 0 Å². The van der Waals surface area contributed by atoms with Gasteiger partial charge in [-0.05, 0) is 17.7 Å². The van der Waals surface area contributed by atoms with Crippen LogP contribution in [-0.2, 0) is 0 Å². The lowest BCUT2D eigenvalue weighted by Gasteiger charge is -2.11. The van der Waals surface area contributed by atoms with Gasteiger partial charge in [0, 0.05) is 19.8 Å². The van der Waals surface area contributed by atoms with E-state index in [1.807, 2.05) is 0 Å². The Morgan fingerprint density at radius 2 is 1.56 bits per heavy atom. The molecule has 0 N–H and O–H groups in total. The molecule has 2 radical (unpaired) electrons. The summed E-state index contributed by atoms with van der Waals surface area (Å²) in [6.07, 6.45) is 2.19. The summed E-state index contributed by atoms with van der Waals surface area (Å²) in [6.45, 7) is 0. The maximum absolute atomic E-state index is 2.24. The minimum atomic E-state index is 0.732. The van der Waals surface area contributed by atoms with Crippen LogP contribution in [0.15, 0.2) is 60.3 Å². The first-order valence-electron chi connectivity index (χ1n) is 6.01. The summed E-state index contributed by atoms with van der Waals surface area (Å²) in [5, 5.41) is 1.37. The van der Waals surface area contributed by atoms with Gasteiger partial charge >= 0.3 is 0 Å². The molecule has 0 bridgehead atoms. The Balaban J connectivity index is 1.97. The molecule has 90 valence electrons. The van der Waals surface area contributed by atoms with E-state index < -0.39 is 0 Å². The van der Waals surface area contributed by atoms with E-state index >= 15 is 0 Å². The summed E-state index contributed by atoms with van der Waals surface area (Å²) in [7, 11) is 4.85. The van der Waals surface area contributed by atoms with Gasteiger partial charge in [-0.25, -0.2) is 0 Å². The maximum atomic E-state index is 2.24. The second kappa shape index (κ2) is 6.22. The zero-order valence-corrected chi connectivity index (χ0v) is 11.8. The normalized spacial score (nSPS) is 10.8. The lowest BCUT2D eigenvalue weighted by molar-refractivity contribution is 1.13. The average Bonchev–Trinajstić information content (AvgIpc) is 2.40. The van der Waals surface area contributed by atoms with Crippen LogP contribution in [0.4, 0.5) is 5.69 Å². The van der Waals surface area contributed by atoms with E-state index in [1.165, 1.54) is 16.4 Å². The van der Waals surface area contributed by atoms with Crippen molar-refractivity contribution in [1.82, 2.24) is 0 Å². The number of nitrogens with zero attached hydrogens (tertiary/aromatic N) is 1. The van der Waals surface area contributed by atoms with E-state index in [-0.39, 0.29) is 0 Å². The number of benzene rings is 2. The molecule has 0 unspecified atom stereocenters. The minimum Gasteiger partial charge on any atom is -0.378 e. The third-order valence-electron chi connectivity index (χ3n) is 2.71. The van der Waals surface area contributed by atoms with Crippen LogP contribution in [0.25, 0.3) is 6.08 Å². The molecule has 0 heterocycles. The molecule has 2 aromatic rings. The molecule has 0 aliphatic heterocycles. The molecule has 0 saturated carbocycles. The molecule has 0 aromatic heterocycles. The summed E-state index contributed by atoms with van der Waals surface area (Å²) in [4.78, 5) is 2.11. The van der Waals surface area contributed by atoms with Crippen molar-refractivity contribution < 1.29 is 0 Å². The van der Waals surface area contributed by atoms with Crippen molar-refractivity contribution in [2.45, 2.75) is 0 Å². The highest BCUT2D eigenvalue weighted by Crippen LogP contribution is 2.12. The van der Waals surface area contributed by atoms with Crippen molar-refractivity contribution in [3.63, 3.8) is 0 Å². The molecule has 0 fully saturated rings. The number of rotatable bonds is 4. The number of hydrogen-bond donors (Lipinski definition) is 0. The SMILES string of the molecule is CN(C)c1ccc(/C=C/[Si]c2ccccc2)cc1. The van der Waals surface area contributed by atoms with Gasteiger partial charge in [-0.15, -0.1) is 0 Å². The van der Waals surface area contributed by atoms with E-state index in [9.17, 15) is 0 Å². The molecule has 2 aromatic carbocycles. The monoisotopic (exact) mass is 251 g/mol. The van der Waals surface area contributed by atoms with Gasteiger partial charge in [0.15, 0.2) is 0 Å². The molecule has 0 atom stereocenters. The van der Waals surface area contributed by atoms with E-state index in [0.29, 0.717) is 0 Å². The molecule has 2 rings (SSSR count). The Morgan fingerprint density at radius 3 is 2.17 bits per heavy atom. The van der Waals surface area contributed by atoms with Crippen LogP contribution in [0.2, 0.25) is 0 Å². The topological polar surface area (TPSA) is 3.24 Å². The first kappa shape index (κ1) is 12.6. The van der Waals surface area contributed by atoms with Crippen molar-refractivity contribution in [2.75, 3.05) is 19.0 Å². The summed E-state index contributed by atoms with van der Waals surface area (Å²) in [5.74, 6) is 0. The summed E-state index contributed by atoms with van der Waals surface area (Å²) in [6, 6.07) is 19.1. The van der Waals surface area contributed by atoms with Gasteiger partial charge < -0.3 is 4.90 Å². The highest BCUT2D eigenvalue weighted by Gasteiger charge is 1.93. The fraction of sp³-hybridized carbons (Fsp3) is 0.125. The Morgan fingerprint density at radius 1 is 0.889 bits per heavy atom. The number of anilines is 1. The Labute approximate surface area is 112 Å². The zero-order chi connectivity index (χ0) is 12.8. The van der Waals surface area contributed by atoms with Gasteiger partial charge in [0.05, 0.1) is 0 Å².